The molecule has 0 aliphatic carbocycles. The van der Waals surface area contributed by atoms with Gasteiger partial charge in [0.25, 0.3) is 0 Å². The average molecular weight is 273 g/mol. The van der Waals surface area contributed by atoms with Crippen molar-refractivity contribution in [3.63, 3.8) is 0 Å². The Morgan fingerprint density at radius 2 is 1.47 bits per heavy atom. The Hall–Kier alpha value is -2.06. The molecular formula is C16H13ClO2. The molecule has 0 amide bonds. The van der Waals surface area contributed by atoms with E-state index in [0.29, 0.717) is 17.0 Å². The highest BCUT2D eigenvalue weighted by Gasteiger charge is 2.15. The lowest BCUT2D eigenvalue weighted by atomic mass is 10.0. The van der Waals surface area contributed by atoms with Crippen LogP contribution in [0.3, 0.4) is 0 Å². The van der Waals surface area contributed by atoms with Crippen LogP contribution in [0.1, 0.15) is 11.1 Å². The van der Waals surface area contributed by atoms with Crippen molar-refractivity contribution in [3.05, 3.63) is 76.8 Å². The molecule has 2 aromatic carbocycles. The van der Waals surface area contributed by atoms with Crippen LogP contribution in [0.4, 0.5) is 0 Å². The number of carboxylic acids is 1. The molecule has 0 bridgehead atoms. The van der Waals surface area contributed by atoms with Crippen molar-refractivity contribution in [1.82, 2.24) is 0 Å². The van der Waals surface area contributed by atoms with Crippen LogP contribution in [-0.2, 0) is 11.2 Å². The molecule has 0 aliphatic rings. The Morgan fingerprint density at radius 1 is 0.947 bits per heavy atom. The quantitative estimate of drug-likeness (QED) is 0.855. The van der Waals surface area contributed by atoms with Gasteiger partial charge in [-0.15, -0.1) is 0 Å². The molecule has 0 aliphatic heterocycles. The minimum Gasteiger partial charge on any atom is -0.478 e. The zero-order chi connectivity index (χ0) is 13.7. The van der Waals surface area contributed by atoms with Crippen LogP contribution >= 0.6 is 11.6 Å². The molecule has 0 heterocycles. The number of hydrogen-bond acceptors (Lipinski definition) is 1. The van der Waals surface area contributed by atoms with Gasteiger partial charge in [0.1, 0.15) is 0 Å². The van der Waals surface area contributed by atoms with E-state index in [0.717, 1.165) is 5.56 Å². The lowest BCUT2D eigenvalue weighted by molar-refractivity contribution is -0.130. The molecule has 19 heavy (non-hydrogen) atoms. The van der Waals surface area contributed by atoms with Gasteiger partial charge in [-0.25, -0.2) is 4.79 Å². The van der Waals surface area contributed by atoms with Crippen molar-refractivity contribution in [1.29, 1.82) is 0 Å². The Morgan fingerprint density at radius 3 is 2.00 bits per heavy atom. The molecule has 0 fully saturated rings. The Labute approximate surface area is 117 Å². The molecule has 96 valence electrons. The maximum absolute atomic E-state index is 11.4. The highest BCUT2D eigenvalue weighted by Crippen LogP contribution is 2.24. The summed E-state index contributed by atoms with van der Waals surface area (Å²) in [6.45, 7) is 0. The summed E-state index contributed by atoms with van der Waals surface area (Å²) in [7, 11) is 0. The largest absolute Gasteiger partial charge is 0.478 e. The standard InChI is InChI=1S/C16H13ClO2/c17-14(11-12-7-3-1-4-8-12)15(16(18)19)13-9-5-2-6-10-13/h1-10H,11H2,(H,18,19)/b15-14+. The molecule has 2 nitrogen and oxygen atoms in total. The summed E-state index contributed by atoms with van der Waals surface area (Å²) >= 11 is 6.21. The lowest BCUT2D eigenvalue weighted by Gasteiger charge is -2.07. The maximum Gasteiger partial charge on any atom is 0.337 e. The predicted octanol–water partition coefficient (Wildman–Crippen LogP) is 3.96. The Kier molecular flexibility index (Phi) is 4.37. The second kappa shape index (κ2) is 6.21. The monoisotopic (exact) mass is 272 g/mol. The summed E-state index contributed by atoms with van der Waals surface area (Å²) in [4.78, 5) is 11.4. The van der Waals surface area contributed by atoms with Crippen LogP contribution in [0.5, 0.6) is 0 Å². The van der Waals surface area contributed by atoms with Gasteiger partial charge in [-0.05, 0) is 11.1 Å². The van der Waals surface area contributed by atoms with Gasteiger partial charge in [0.15, 0.2) is 0 Å². The molecule has 0 atom stereocenters. The third-order valence-corrected chi connectivity index (χ3v) is 3.07. The summed E-state index contributed by atoms with van der Waals surface area (Å²) in [5.41, 5.74) is 1.77. The summed E-state index contributed by atoms with van der Waals surface area (Å²) in [5.74, 6) is -1.01. The second-order valence-electron chi connectivity index (χ2n) is 4.11. The fourth-order valence-corrected chi connectivity index (χ4v) is 2.21. The number of rotatable bonds is 4. The molecule has 3 heteroatoms. The lowest BCUT2D eigenvalue weighted by Crippen LogP contribution is -2.03. The number of allylic oxidation sites excluding steroid dienone is 1. The number of hydrogen-bond donors (Lipinski definition) is 1. The van der Waals surface area contributed by atoms with Crippen LogP contribution in [0.25, 0.3) is 5.57 Å². The minimum absolute atomic E-state index is 0.158. The SMILES string of the molecule is O=C(O)/C(=C(/Cl)Cc1ccccc1)c1ccccc1. The van der Waals surface area contributed by atoms with Gasteiger partial charge in [-0.2, -0.15) is 0 Å². The van der Waals surface area contributed by atoms with E-state index in [-0.39, 0.29) is 5.57 Å². The van der Waals surface area contributed by atoms with Gasteiger partial charge in [-0.3, -0.25) is 0 Å². The van der Waals surface area contributed by atoms with Crippen molar-refractivity contribution >= 4 is 23.1 Å². The first-order valence-corrected chi connectivity index (χ1v) is 6.27. The maximum atomic E-state index is 11.4. The number of benzene rings is 2. The fraction of sp³-hybridized carbons (Fsp3) is 0.0625. The van der Waals surface area contributed by atoms with E-state index in [1.165, 1.54) is 0 Å². The van der Waals surface area contributed by atoms with Crippen LogP contribution < -0.4 is 0 Å². The topological polar surface area (TPSA) is 37.3 Å². The Bertz CT molecular complexity index is 589. The molecule has 0 spiro atoms. The molecular weight excluding hydrogens is 260 g/mol. The van der Waals surface area contributed by atoms with E-state index in [9.17, 15) is 9.90 Å². The molecule has 2 rings (SSSR count). The van der Waals surface area contributed by atoms with Crippen LogP contribution in [-0.4, -0.2) is 11.1 Å². The molecule has 0 unspecified atom stereocenters. The van der Waals surface area contributed by atoms with Crippen molar-refractivity contribution < 1.29 is 9.90 Å². The normalized spacial score (nSPS) is 11.8. The number of carboxylic acid groups (broad SMARTS) is 1. The summed E-state index contributed by atoms with van der Waals surface area (Å²) < 4.78 is 0. The summed E-state index contributed by atoms with van der Waals surface area (Å²) in [6.07, 6.45) is 0.416. The molecule has 0 aromatic heterocycles. The van der Waals surface area contributed by atoms with Crippen molar-refractivity contribution in [2.75, 3.05) is 0 Å². The van der Waals surface area contributed by atoms with Crippen LogP contribution in [0.15, 0.2) is 65.7 Å². The number of aliphatic carboxylic acids is 1. The van der Waals surface area contributed by atoms with E-state index >= 15 is 0 Å². The van der Waals surface area contributed by atoms with Gasteiger partial charge < -0.3 is 5.11 Å². The van der Waals surface area contributed by atoms with E-state index in [1.54, 1.807) is 24.3 Å². The first-order valence-electron chi connectivity index (χ1n) is 5.90. The first-order chi connectivity index (χ1) is 9.18. The summed E-state index contributed by atoms with van der Waals surface area (Å²) in [5, 5.41) is 9.67. The van der Waals surface area contributed by atoms with Crippen molar-refractivity contribution in [2.45, 2.75) is 6.42 Å². The van der Waals surface area contributed by atoms with Gasteiger partial charge in [0.05, 0.1) is 5.57 Å². The highest BCUT2D eigenvalue weighted by molar-refractivity contribution is 6.38. The highest BCUT2D eigenvalue weighted by atomic mass is 35.5. The van der Waals surface area contributed by atoms with Crippen LogP contribution in [0.2, 0.25) is 0 Å². The minimum atomic E-state index is -1.01. The fourth-order valence-electron chi connectivity index (χ4n) is 1.86. The second-order valence-corrected chi connectivity index (χ2v) is 4.57. The van der Waals surface area contributed by atoms with E-state index in [2.05, 4.69) is 0 Å². The zero-order valence-electron chi connectivity index (χ0n) is 10.2. The van der Waals surface area contributed by atoms with Crippen LogP contribution in [0, 0.1) is 0 Å². The van der Waals surface area contributed by atoms with Crippen molar-refractivity contribution in [2.24, 2.45) is 0 Å². The molecule has 1 N–H and O–H groups in total. The predicted molar refractivity (Wildman–Crippen MR) is 77.0 cm³/mol. The summed E-state index contributed by atoms with van der Waals surface area (Å²) in [6, 6.07) is 18.5. The molecule has 2 aromatic rings. The van der Waals surface area contributed by atoms with Gasteiger partial charge in [-0.1, -0.05) is 72.3 Å². The van der Waals surface area contributed by atoms with Crippen molar-refractivity contribution in [3.8, 4) is 0 Å². The molecule has 0 saturated carbocycles. The first kappa shape index (κ1) is 13.4. The smallest absolute Gasteiger partial charge is 0.337 e. The van der Waals surface area contributed by atoms with Gasteiger partial charge in [0, 0.05) is 11.5 Å². The third-order valence-electron chi connectivity index (χ3n) is 2.75. The Balaban J connectivity index is 2.37. The van der Waals surface area contributed by atoms with E-state index in [1.807, 2.05) is 36.4 Å². The average Bonchev–Trinajstić information content (AvgIpc) is 2.40. The number of halogens is 1. The van der Waals surface area contributed by atoms with E-state index < -0.39 is 5.97 Å². The molecule has 0 radical (unpaired) electrons. The van der Waals surface area contributed by atoms with Gasteiger partial charge >= 0.3 is 5.97 Å². The third kappa shape index (κ3) is 3.46. The van der Waals surface area contributed by atoms with E-state index in [4.69, 9.17) is 11.6 Å². The molecule has 0 saturated heterocycles. The van der Waals surface area contributed by atoms with Gasteiger partial charge in [0.2, 0.25) is 0 Å². The zero-order valence-corrected chi connectivity index (χ0v) is 11.0. The number of carbonyl (C=O) groups is 1.